The summed E-state index contributed by atoms with van der Waals surface area (Å²) in [4.78, 5) is 7.07. The highest BCUT2D eigenvalue weighted by atomic mass is 32.2. The summed E-state index contributed by atoms with van der Waals surface area (Å²) in [7, 11) is 1.96. The third-order valence-electron chi connectivity index (χ3n) is 4.71. The molecule has 0 heterocycles. The van der Waals surface area contributed by atoms with Crippen LogP contribution in [0.15, 0.2) is 75.6 Å². The number of nitrogens with two attached hydrogens (primary N) is 1. The Bertz CT molecular complexity index is 751. The minimum atomic E-state index is -0.202. The van der Waals surface area contributed by atoms with E-state index in [-0.39, 0.29) is 17.9 Å². The van der Waals surface area contributed by atoms with Gasteiger partial charge in [-0.05, 0) is 50.8 Å². The van der Waals surface area contributed by atoms with Crippen LogP contribution >= 0.6 is 11.8 Å². The number of likely N-dealkylation sites (N-methyl/N-ethyl adjacent to an activating group) is 1. The fraction of sp³-hybridized carbons (Fsp3) is 0.391. The van der Waals surface area contributed by atoms with E-state index in [9.17, 15) is 4.39 Å². The summed E-state index contributed by atoms with van der Waals surface area (Å²) in [5.41, 5.74) is 7.40. The zero-order chi connectivity index (χ0) is 22.5. The molecule has 0 saturated heterocycles. The van der Waals surface area contributed by atoms with Gasteiger partial charge in [-0.25, -0.2) is 4.39 Å². The number of nitrogens with zero attached hydrogens (tertiary/aromatic N) is 2. The topological polar surface area (TPSA) is 77.5 Å². The van der Waals surface area contributed by atoms with Crippen molar-refractivity contribution in [2.75, 3.05) is 20.1 Å². The molecule has 0 aromatic heterocycles. The number of hydrogen-bond donors (Lipinski definition) is 3. The number of rotatable bonds is 13. The number of allylic oxidation sites excluding steroid dienone is 5. The summed E-state index contributed by atoms with van der Waals surface area (Å²) >= 11 is 1.38. The molecule has 0 saturated carbocycles. The Kier molecular flexibility index (Phi) is 11.8. The minimum absolute atomic E-state index is 0.132. The predicted molar refractivity (Wildman–Crippen MR) is 130 cm³/mol. The van der Waals surface area contributed by atoms with Crippen LogP contribution in [-0.4, -0.2) is 44.1 Å². The normalized spacial score (nSPS) is 18.4. The number of nitrogens with one attached hydrogen (secondary N) is 2. The molecule has 0 fully saturated rings. The van der Waals surface area contributed by atoms with E-state index in [1.54, 1.807) is 6.08 Å². The maximum atomic E-state index is 13.4. The second kappa shape index (κ2) is 13.8. The summed E-state index contributed by atoms with van der Waals surface area (Å²) in [5, 5.41) is 11.6. The van der Waals surface area contributed by atoms with Gasteiger partial charge in [0.2, 0.25) is 0 Å². The van der Waals surface area contributed by atoms with Crippen LogP contribution < -0.4 is 11.1 Å². The number of halogens is 1. The molecule has 0 aromatic carbocycles. The van der Waals surface area contributed by atoms with Crippen LogP contribution in [0.4, 0.5) is 4.39 Å². The van der Waals surface area contributed by atoms with Gasteiger partial charge in [-0.3, -0.25) is 9.89 Å². The smallest absolute Gasteiger partial charge is 0.118 e. The van der Waals surface area contributed by atoms with Crippen LogP contribution in [0.1, 0.15) is 26.2 Å². The second-order valence-electron chi connectivity index (χ2n) is 7.05. The lowest BCUT2D eigenvalue weighted by Crippen LogP contribution is -2.36. The highest BCUT2D eigenvalue weighted by Crippen LogP contribution is 2.25. The molecular formula is C23H34FN5S. The van der Waals surface area contributed by atoms with Crippen molar-refractivity contribution >= 4 is 24.7 Å². The third kappa shape index (κ3) is 8.97. The van der Waals surface area contributed by atoms with Gasteiger partial charge >= 0.3 is 0 Å². The van der Waals surface area contributed by atoms with Gasteiger partial charge in [0.25, 0.3) is 0 Å². The Labute approximate surface area is 184 Å². The summed E-state index contributed by atoms with van der Waals surface area (Å²) in [6.45, 7) is 14.8. The van der Waals surface area contributed by atoms with Gasteiger partial charge < -0.3 is 16.5 Å². The largest absolute Gasteiger partial charge is 0.394 e. The summed E-state index contributed by atoms with van der Waals surface area (Å²) < 4.78 is 13.4. The summed E-state index contributed by atoms with van der Waals surface area (Å²) in [5.74, 6) is -0.0410. The van der Waals surface area contributed by atoms with E-state index >= 15 is 0 Å². The van der Waals surface area contributed by atoms with Gasteiger partial charge in [-0.1, -0.05) is 50.1 Å². The molecule has 0 amide bonds. The van der Waals surface area contributed by atoms with Crippen molar-refractivity contribution in [3.8, 4) is 0 Å². The van der Waals surface area contributed by atoms with Gasteiger partial charge in [0.1, 0.15) is 12.0 Å². The fourth-order valence-electron chi connectivity index (χ4n) is 2.98. The van der Waals surface area contributed by atoms with Crippen molar-refractivity contribution in [1.29, 1.82) is 5.41 Å². The maximum absolute atomic E-state index is 13.4. The fourth-order valence-corrected chi connectivity index (χ4v) is 3.71. The number of aliphatic imine (C=N–C) groups is 1. The first-order valence-corrected chi connectivity index (χ1v) is 10.8. The number of hydrogen-bond acceptors (Lipinski definition) is 6. The van der Waals surface area contributed by atoms with Gasteiger partial charge in [-0.15, -0.1) is 0 Å². The molecule has 0 aromatic rings. The average Bonchev–Trinajstić information content (AvgIpc) is 2.93. The van der Waals surface area contributed by atoms with Crippen LogP contribution in [0, 0.1) is 11.3 Å². The molecule has 1 aliphatic carbocycles. The molecule has 4 N–H and O–H groups in total. The first-order valence-electron chi connectivity index (χ1n) is 9.95. The summed E-state index contributed by atoms with van der Waals surface area (Å²) in [6, 6.07) is 0. The molecule has 164 valence electrons. The van der Waals surface area contributed by atoms with Gasteiger partial charge in [0.05, 0.1) is 5.03 Å². The molecule has 0 aliphatic heterocycles. The summed E-state index contributed by atoms with van der Waals surface area (Å²) in [6.07, 6.45) is 12.3. The maximum Gasteiger partial charge on any atom is 0.118 e. The van der Waals surface area contributed by atoms with Crippen molar-refractivity contribution in [3.05, 3.63) is 70.6 Å². The monoisotopic (exact) mass is 431 g/mol. The molecule has 1 aliphatic rings. The average molecular weight is 432 g/mol. The number of thioether (sulfide) groups is 1. The van der Waals surface area contributed by atoms with Crippen molar-refractivity contribution < 1.29 is 4.39 Å². The molecule has 7 heteroatoms. The molecule has 1 unspecified atom stereocenters. The van der Waals surface area contributed by atoms with E-state index in [0.717, 1.165) is 23.3 Å². The van der Waals surface area contributed by atoms with E-state index in [2.05, 4.69) is 35.1 Å². The van der Waals surface area contributed by atoms with E-state index in [4.69, 9.17) is 11.1 Å². The van der Waals surface area contributed by atoms with Crippen LogP contribution in [0.2, 0.25) is 0 Å². The molecule has 30 heavy (non-hydrogen) atoms. The highest BCUT2D eigenvalue weighted by Gasteiger charge is 2.23. The lowest BCUT2D eigenvalue weighted by atomic mass is 9.98. The van der Waals surface area contributed by atoms with Crippen LogP contribution in [-0.2, 0) is 0 Å². The van der Waals surface area contributed by atoms with Gasteiger partial charge in [0, 0.05) is 35.8 Å². The quantitative estimate of drug-likeness (QED) is 0.286. The van der Waals surface area contributed by atoms with Crippen molar-refractivity contribution in [3.63, 3.8) is 0 Å². The van der Waals surface area contributed by atoms with Crippen LogP contribution in [0.3, 0.4) is 0 Å². The molecule has 1 rings (SSSR count). The Morgan fingerprint density at radius 3 is 2.83 bits per heavy atom. The molecular weight excluding hydrogens is 397 g/mol. The first-order chi connectivity index (χ1) is 14.3. The van der Waals surface area contributed by atoms with Crippen molar-refractivity contribution in [1.82, 2.24) is 10.2 Å². The Balaban J connectivity index is 2.63. The van der Waals surface area contributed by atoms with E-state index in [1.165, 1.54) is 24.1 Å². The molecule has 0 spiro atoms. The molecule has 5 nitrogen and oxygen atoms in total. The lowest BCUT2D eigenvalue weighted by Gasteiger charge is -2.29. The zero-order valence-electron chi connectivity index (χ0n) is 18.0. The lowest BCUT2D eigenvalue weighted by molar-refractivity contribution is 0.200. The Hall–Kier alpha value is -2.38. The van der Waals surface area contributed by atoms with E-state index < -0.39 is 0 Å². The first kappa shape index (κ1) is 25.7. The molecule has 0 bridgehead atoms. The van der Waals surface area contributed by atoms with E-state index in [0.29, 0.717) is 30.2 Å². The SMILES string of the molecule is C=NC([C@H]1CC=CC(F)=CC1)N(C)C/C=C(/C=N)CNC(=C)C(=C)S/C(N)=C\CC. The van der Waals surface area contributed by atoms with Crippen molar-refractivity contribution in [2.24, 2.45) is 16.6 Å². The Morgan fingerprint density at radius 1 is 1.47 bits per heavy atom. The molecule has 0 radical (unpaired) electrons. The molecule has 2 atom stereocenters. The van der Waals surface area contributed by atoms with Gasteiger partial charge in [0.15, 0.2) is 0 Å². The van der Waals surface area contributed by atoms with Crippen molar-refractivity contribution in [2.45, 2.75) is 32.4 Å². The zero-order valence-corrected chi connectivity index (χ0v) is 18.9. The van der Waals surface area contributed by atoms with Crippen LogP contribution in [0.25, 0.3) is 0 Å². The highest BCUT2D eigenvalue weighted by molar-refractivity contribution is 8.06. The third-order valence-corrected chi connectivity index (χ3v) is 5.60. The second-order valence-corrected chi connectivity index (χ2v) is 8.22. The Morgan fingerprint density at radius 2 is 2.20 bits per heavy atom. The van der Waals surface area contributed by atoms with Gasteiger partial charge in [-0.2, -0.15) is 0 Å². The standard InChI is InChI=1S/C23H34FN5S/c1-6-8-22(26)30-18(3)17(2)28-16-19(15-25)13-14-29(5)23(27-4)20-9-7-10-21(24)12-11-20/h7-8,10,12-13,15,20,23,25,28H,2-4,6,9,11,14,16,26H2,1,5H3/b19-13-,22-8-,25-15?/t20-,23?/m0/s1. The van der Waals surface area contributed by atoms with Crippen LogP contribution in [0.5, 0.6) is 0 Å². The predicted octanol–water partition coefficient (Wildman–Crippen LogP) is 4.90. The van der Waals surface area contributed by atoms with E-state index in [1.807, 2.05) is 32.2 Å². The minimum Gasteiger partial charge on any atom is -0.394 e.